The molecule has 0 unspecified atom stereocenters. The van der Waals surface area contributed by atoms with Crippen molar-refractivity contribution in [3.63, 3.8) is 0 Å². The van der Waals surface area contributed by atoms with Crippen LogP contribution < -0.4 is 39.7 Å². The normalized spacial score (nSPS) is 11.2. The molecule has 0 saturated heterocycles. The van der Waals surface area contributed by atoms with Gasteiger partial charge in [-0.25, -0.2) is 0 Å². The van der Waals surface area contributed by atoms with Crippen molar-refractivity contribution >= 4 is 38.8 Å². The number of aryl methyl sites for hydroxylation is 4. The Labute approximate surface area is 261 Å². The maximum atomic E-state index is 7.65. The monoisotopic (exact) mass is 612 g/mol. The molecule has 4 rings (SSSR count). The first-order chi connectivity index (χ1) is 20.9. The van der Waals surface area contributed by atoms with Gasteiger partial charge in [-0.2, -0.15) is 0 Å². The van der Waals surface area contributed by atoms with Gasteiger partial charge in [-0.3, -0.25) is 0 Å². The van der Waals surface area contributed by atoms with Gasteiger partial charge in [0.2, 0.25) is 0 Å². The quantitative estimate of drug-likeness (QED) is 0.190. The highest BCUT2D eigenvalue weighted by Gasteiger charge is 2.35. The Hall–Kier alpha value is -3.53. The van der Waals surface area contributed by atoms with Crippen LogP contribution in [-0.4, -0.2) is 46.5 Å². The van der Waals surface area contributed by atoms with Crippen LogP contribution in [0.2, 0.25) is 0 Å². The molecule has 4 aromatic rings. The molecule has 43 heavy (non-hydrogen) atoms. The third-order valence-electron chi connectivity index (χ3n) is 7.87. The molecule has 0 atom stereocenters. The number of rotatable bonds is 14. The van der Waals surface area contributed by atoms with E-state index in [9.17, 15) is 0 Å². The van der Waals surface area contributed by atoms with E-state index in [1.165, 1.54) is 22.3 Å². The zero-order chi connectivity index (χ0) is 30.9. The summed E-state index contributed by atoms with van der Waals surface area (Å²) in [5.41, 5.74) is 4.93. The predicted molar refractivity (Wildman–Crippen MR) is 181 cm³/mol. The van der Waals surface area contributed by atoms with E-state index in [0.717, 1.165) is 69.4 Å². The first-order valence-corrected chi connectivity index (χ1v) is 17.9. The van der Waals surface area contributed by atoms with Gasteiger partial charge in [-0.15, -0.1) is 0 Å². The molecule has 2 radical (unpaired) electrons. The van der Waals surface area contributed by atoms with Gasteiger partial charge in [0.1, 0.15) is 23.0 Å². The number of hydrogen-bond donors (Lipinski definition) is 0. The molecule has 226 valence electrons. The minimum atomic E-state index is -1.94. The van der Waals surface area contributed by atoms with Crippen LogP contribution in [0.25, 0.3) is 0 Å². The van der Waals surface area contributed by atoms with Crippen molar-refractivity contribution in [1.29, 1.82) is 0 Å². The van der Waals surface area contributed by atoms with E-state index in [1.807, 2.05) is 0 Å². The van der Waals surface area contributed by atoms with Gasteiger partial charge in [0.25, 0.3) is 18.1 Å². The molecular formula is C36H44O5Si2. The lowest BCUT2D eigenvalue weighted by Crippen LogP contribution is -2.57. The average molecular weight is 613 g/mol. The number of methoxy groups -OCH3 is 4. The lowest BCUT2D eigenvalue weighted by Gasteiger charge is -2.28. The lowest BCUT2D eigenvalue weighted by molar-refractivity contribution is 0.413. The molecule has 0 aromatic heterocycles. The second kappa shape index (κ2) is 15.3. The highest BCUT2D eigenvalue weighted by atomic mass is 28.4. The number of ether oxygens (including phenoxy) is 4. The molecule has 5 nitrogen and oxygen atoms in total. The van der Waals surface area contributed by atoms with Crippen LogP contribution in [0.3, 0.4) is 0 Å². The Bertz CT molecular complexity index is 1300. The fourth-order valence-electron chi connectivity index (χ4n) is 5.22. The summed E-state index contributed by atoms with van der Waals surface area (Å²) < 4.78 is 31.6. The van der Waals surface area contributed by atoms with E-state index in [0.29, 0.717) is 0 Å². The maximum absolute atomic E-state index is 7.65. The Kier molecular flexibility index (Phi) is 11.5. The minimum absolute atomic E-state index is 0.819. The summed E-state index contributed by atoms with van der Waals surface area (Å²) >= 11 is 0. The standard InChI is InChI=1S/C36H44O5Si2/c1-9-25-13-17-29(37-5)33(21-25)42(34-22-26(10-2)14-18-30(34)38-6)41-43(35-23-27(11-3)15-19-31(35)39-7)36-24-28(12-4)16-20-32(36)40-8/h13-24H,9-12H2,1-8H3. The Morgan fingerprint density at radius 1 is 0.395 bits per heavy atom. The highest BCUT2D eigenvalue weighted by molar-refractivity contribution is 6.93. The molecular weight excluding hydrogens is 569 g/mol. The summed E-state index contributed by atoms with van der Waals surface area (Å²) in [5.74, 6) is 3.28. The van der Waals surface area contributed by atoms with Gasteiger partial charge in [-0.1, -0.05) is 76.2 Å². The molecule has 0 saturated carbocycles. The molecule has 0 amide bonds. The van der Waals surface area contributed by atoms with Gasteiger partial charge < -0.3 is 23.1 Å². The van der Waals surface area contributed by atoms with Crippen molar-refractivity contribution in [1.82, 2.24) is 0 Å². The van der Waals surface area contributed by atoms with Crippen molar-refractivity contribution in [2.45, 2.75) is 53.4 Å². The first kappa shape index (κ1) is 32.4. The van der Waals surface area contributed by atoms with Gasteiger partial charge in [0, 0.05) is 20.7 Å². The molecule has 0 fully saturated rings. The molecule has 0 aliphatic heterocycles. The molecule has 4 aromatic carbocycles. The zero-order valence-corrected chi connectivity index (χ0v) is 28.8. The lowest BCUT2D eigenvalue weighted by atomic mass is 10.1. The van der Waals surface area contributed by atoms with Crippen LogP contribution in [0.15, 0.2) is 72.8 Å². The summed E-state index contributed by atoms with van der Waals surface area (Å²) in [6, 6.07) is 25.8. The third kappa shape index (κ3) is 7.17. The largest absolute Gasteiger partial charge is 0.497 e. The molecule has 7 heteroatoms. The van der Waals surface area contributed by atoms with E-state index < -0.39 is 18.1 Å². The van der Waals surface area contributed by atoms with E-state index in [-0.39, 0.29) is 0 Å². The molecule has 0 bridgehead atoms. The summed E-state index contributed by atoms with van der Waals surface area (Å²) in [6.07, 6.45) is 3.65. The average Bonchev–Trinajstić information content (AvgIpc) is 3.07. The summed E-state index contributed by atoms with van der Waals surface area (Å²) in [6.45, 7) is 8.70. The zero-order valence-electron chi connectivity index (χ0n) is 26.8. The third-order valence-corrected chi connectivity index (χ3v) is 13.0. The van der Waals surface area contributed by atoms with E-state index in [4.69, 9.17) is 23.1 Å². The van der Waals surface area contributed by atoms with Crippen LogP contribution in [0.4, 0.5) is 0 Å². The van der Waals surface area contributed by atoms with Crippen LogP contribution in [-0.2, 0) is 29.8 Å². The van der Waals surface area contributed by atoms with Crippen molar-refractivity contribution in [3.05, 3.63) is 95.1 Å². The Morgan fingerprint density at radius 3 is 0.814 bits per heavy atom. The summed E-state index contributed by atoms with van der Waals surface area (Å²) in [7, 11) is 3.05. The number of benzene rings is 4. The van der Waals surface area contributed by atoms with E-state index in [2.05, 4.69) is 100 Å². The van der Waals surface area contributed by atoms with Crippen molar-refractivity contribution in [2.75, 3.05) is 28.4 Å². The summed E-state index contributed by atoms with van der Waals surface area (Å²) in [5, 5.41) is 4.27. The van der Waals surface area contributed by atoms with Gasteiger partial charge in [0.05, 0.1) is 28.4 Å². The van der Waals surface area contributed by atoms with Gasteiger partial charge in [0.15, 0.2) is 0 Å². The Balaban J connectivity index is 2.07. The second-order valence-electron chi connectivity index (χ2n) is 10.3. The van der Waals surface area contributed by atoms with Crippen molar-refractivity contribution in [2.24, 2.45) is 0 Å². The van der Waals surface area contributed by atoms with E-state index in [1.54, 1.807) is 28.4 Å². The summed E-state index contributed by atoms with van der Waals surface area (Å²) in [4.78, 5) is 0. The predicted octanol–water partition coefficient (Wildman–Crippen LogP) is 4.90. The Morgan fingerprint density at radius 2 is 0.628 bits per heavy atom. The van der Waals surface area contributed by atoms with Gasteiger partial charge in [-0.05, 0) is 72.2 Å². The van der Waals surface area contributed by atoms with Crippen LogP contribution in [0.1, 0.15) is 49.9 Å². The van der Waals surface area contributed by atoms with Crippen LogP contribution >= 0.6 is 0 Å². The molecule has 0 N–H and O–H groups in total. The fourth-order valence-corrected chi connectivity index (χ4v) is 11.3. The fraction of sp³-hybridized carbons (Fsp3) is 0.333. The first-order valence-electron chi connectivity index (χ1n) is 15.1. The maximum Gasteiger partial charge on any atom is 0.280 e. The second-order valence-corrected chi connectivity index (χ2v) is 14.6. The van der Waals surface area contributed by atoms with Crippen LogP contribution in [0.5, 0.6) is 23.0 Å². The molecule has 0 aliphatic carbocycles. The van der Waals surface area contributed by atoms with Crippen LogP contribution in [0, 0.1) is 0 Å². The minimum Gasteiger partial charge on any atom is -0.497 e. The molecule has 0 spiro atoms. The smallest absolute Gasteiger partial charge is 0.280 e. The topological polar surface area (TPSA) is 46.2 Å². The number of hydrogen-bond acceptors (Lipinski definition) is 5. The van der Waals surface area contributed by atoms with E-state index >= 15 is 0 Å². The molecule has 0 heterocycles. The van der Waals surface area contributed by atoms with Crippen molar-refractivity contribution in [3.8, 4) is 23.0 Å². The van der Waals surface area contributed by atoms with Crippen molar-refractivity contribution < 1.29 is 23.1 Å². The molecule has 0 aliphatic rings. The van der Waals surface area contributed by atoms with Gasteiger partial charge >= 0.3 is 0 Å². The highest BCUT2D eigenvalue weighted by Crippen LogP contribution is 2.21. The SMILES string of the molecule is CCc1ccc(OC)c([Si](O[Si](c2cc(CC)ccc2OC)c2cc(CC)ccc2OC)c2cc(CC)ccc2OC)c1.